The molecule has 0 radical (unpaired) electrons. The summed E-state index contributed by atoms with van der Waals surface area (Å²) in [4.78, 5) is 2.69. The Morgan fingerprint density at radius 3 is 2.75 bits per heavy atom. The third kappa shape index (κ3) is 3.04. The van der Waals surface area contributed by atoms with Crippen LogP contribution in [-0.2, 0) is 6.54 Å². The second-order valence-corrected chi connectivity index (χ2v) is 7.10. The average molecular weight is 338 g/mol. The molecule has 1 saturated heterocycles. The average Bonchev–Trinajstić information content (AvgIpc) is 3.09. The maximum absolute atomic E-state index is 5.52. The lowest BCUT2D eigenvalue weighted by atomic mass is 9.95. The van der Waals surface area contributed by atoms with Crippen molar-refractivity contribution in [2.75, 3.05) is 13.7 Å². The Labute approximate surface area is 130 Å². The highest BCUT2D eigenvalue weighted by Gasteiger charge is 2.33. The van der Waals surface area contributed by atoms with Gasteiger partial charge < -0.3 is 4.74 Å². The molecule has 1 heterocycles. The molecule has 0 aromatic heterocycles. The monoisotopic (exact) mass is 337 g/mol. The molecule has 0 spiro atoms. The van der Waals surface area contributed by atoms with Gasteiger partial charge in [-0.15, -0.1) is 0 Å². The Balaban J connectivity index is 1.74. The predicted molar refractivity (Wildman–Crippen MR) is 86.1 cm³/mol. The van der Waals surface area contributed by atoms with Crippen molar-refractivity contribution in [2.45, 2.75) is 51.1 Å². The fraction of sp³-hybridized carbons (Fsp3) is 0.647. The van der Waals surface area contributed by atoms with Gasteiger partial charge in [-0.2, -0.15) is 0 Å². The van der Waals surface area contributed by atoms with E-state index in [0.29, 0.717) is 0 Å². The van der Waals surface area contributed by atoms with Gasteiger partial charge in [0.15, 0.2) is 0 Å². The van der Waals surface area contributed by atoms with Gasteiger partial charge in [-0.1, -0.05) is 28.8 Å². The van der Waals surface area contributed by atoms with Gasteiger partial charge in [-0.25, -0.2) is 0 Å². The largest absolute Gasteiger partial charge is 0.496 e. The Bertz CT molecular complexity index is 456. The van der Waals surface area contributed by atoms with Gasteiger partial charge in [0.05, 0.1) is 7.11 Å². The van der Waals surface area contributed by atoms with Crippen LogP contribution in [0.3, 0.4) is 0 Å². The zero-order chi connectivity index (χ0) is 13.9. The third-order valence-electron chi connectivity index (χ3n) is 4.97. The van der Waals surface area contributed by atoms with Gasteiger partial charge in [0.2, 0.25) is 0 Å². The first-order valence-corrected chi connectivity index (χ1v) is 8.63. The summed E-state index contributed by atoms with van der Waals surface area (Å²) >= 11 is 3.58. The minimum Gasteiger partial charge on any atom is -0.496 e. The Morgan fingerprint density at radius 1 is 1.20 bits per heavy atom. The number of ether oxygens (including phenoxy) is 1. The molecule has 1 aliphatic heterocycles. The first-order chi connectivity index (χ1) is 9.78. The molecule has 0 amide bonds. The van der Waals surface area contributed by atoms with Crippen molar-refractivity contribution < 1.29 is 4.74 Å². The zero-order valence-corrected chi connectivity index (χ0v) is 13.9. The van der Waals surface area contributed by atoms with Gasteiger partial charge in [0.25, 0.3) is 0 Å². The fourth-order valence-electron chi connectivity index (χ4n) is 4.01. The molecule has 3 heteroatoms. The fourth-order valence-corrected chi connectivity index (χ4v) is 4.42. The molecule has 0 bridgehead atoms. The number of benzene rings is 1. The molecule has 0 N–H and O–H groups in total. The van der Waals surface area contributed by atoms with E-state index in [-0.39, 0.29) is 0 Å². The van der Waals surface area contributed by atoms with Crippen molar-refractivity contribution >= 4 is 15.9 Å². The van der Waals surface area contributed by atoms with Crippen molar-refractivity contribution in [1.29, 1.82) is 0 Å². The van der Waals surface area contributed by atoms with E-state index in [9.17, 15) is 0 Å². The first-order valence-electron chi connectivity index (χ1n) is 7.84. The van der Waals surface area contributed by atoms with Crippen LogP contribution < -0.4 is 4.74 Å². The number of rotatable bonds is 4. The maximum atomic E-state index is 5.52. The van der Waals surface area contributed by atoms with Crippen LogP contribution in [0.25, 0.3) is 0 Å². The SMILES string of the molecule is COc1ccc(Br)cc1CN1CCCC1C1CCCC1. The van der Waals surface area contributed by atoms with Gasteiger partial charge in [0, 0.05) is 22.6 Å². The van der Waals surface area contributed by atoms with E-state index in [1.54, 1.807) is 7.11 Å². The first kappa shape index (κ1) is 14.4. The molecule has 1 atom stereocenters. The summed E-state index contributed by atoms with van der Waals surface area (Å²) in [5.74, 6) is 1.96. The van der Waals surface area contributed by atoms with Crippen molar-refractivity contribution in [3.8, 4) is 5.75 Å². The molecule has 1 aromatic rings. The molecule has 2 fully saturated rings. The number of hydrogen-bond donors (Lipinski definition) is 0. The maximum Gasteiger partial charge on any atom is 0.123 e. The Morgan fingerprint density at radius 2 is 2.00 bits per heavy atom. The Kier molecular flexibility index (Phi) is 4.67. The molecule has 2 aliphatic rings. The van der Waals surface area contributed by atoms with Crippen LogP contribution in [-0.4, -0.2) is 24.6 Å². The van der Waals surface area contributed by atoms with E-state index in [2.05, 4.69) is 39.0 Å². The van der Waals surface area contributed by atoms with Crippen LogP contribution in [0.15, 0.2) is 22.7 Å². The van der Waals surface area contributed by atoms with Crippen LogP contribution in [0.2, 0.25) is 0 Å². The van der Waals surface area contributed by atoms with Crippen molar-refractivity contribution in [3.05, 3.63) is 28.2 Å². The van der Waals surface area contributed by atoms with E-state index in [0.717, 1.165) is 28.7 Å². The third-order valence-corrected chi connectivity index (χ3v) is 5.47. The highest BCUT2D eigenvalue weighted by Crippen LogP contribution is 2.37. The summed E-state index contributed by atoms with van der Waals surface area (Å²) in [5, 5.41) is 0. The van der Waals surface area contributed by atoms with E-state index >= 15 is 0 Å². The normalized spacial score (nSPS) is 24.4. The van der Waals surface area contributed by atoms with Crippen molar-refractivity contribution in [1.82, 2.24) is 4.90 Å². The number of halogens is 1. The lowest BCUT2D eigenvalue weighted by molar-refractivity contribution is 0.181. The van der Waals surface area contributed by atoms with Gasteiger partial charge >= 0.3 is 0 Å². The summed E-state index contributed by atoms with van der Waals surface area (Å²) in [5.41, 5.74) is 1.31. The minimum atomic E-state index is 0.807. The smallest absolute Gasteiger partial charge is 0.123 e. The van der Waals surface area contributed by atoms with Gasteiger partial charge in [0.1, 0.15) is 5.75 Å². The topological polar surface area (TPSA) is 12.5 Å². The molecule has 1 unspecified atom stereocenters. The van der Waals surface area contributed by atoms with Gasteiger partial charge in [-0.3, -0.25) is 4.90 Å². The Hall–Kier alpha value is -0.540. The highest BCUT2D eigenvalue weighted by atomic mass is 79.9. The summed E-state index contributed by atoms with van der Waals surface area (Å²) < 4.78 is 6.67. The zero-order valence-electron chi connectivity index (χ0n) is 12.3. The van der Waals surface area contributed by atoms with Crippen molar-refractivity contribution in [2.24, 2.45) is 5.92 Å². The molecule has 1 aromatic carbocycles. The van der Waals surface area contributed by atoms with E-state index in [1.165, 1.54) is 50.6 Å². The lowest BCUT2D eigenvalue weighted by Gasteiger charge is -2.29. The van der Waals surface area contributed by atoms with Crippen LogP contribution >= 0.6 is 15.9 Å². The van der Waals surface area contributed by atoms with Crippen LogP contribution in [0, 0.1) is 5.92 Å². The van der Waals surface area contributed by atoms with E-state index in [4.69, 9.17) is 4.74 Å². The summed E-state index contributed by atoms with van der Waals surface area (Å²) in [6.45, 7) is 2.28. The molecule has 110 valence electrons. The van der Waals surface area contributed by atoms with E-state index in [1.807, 2.05) is 0 Å². The predicted octanol–water partition coefficient (Wildman–Crippen LogP) is 4.61. The van der Waals surface area contributed by atoms with Crippen LogP contribution in [0.5, 0.6) is 5.75 Å². The molecular weight excluding hydrogens is 314 g/mol. The number of nitrogens with zero attached hydrogens (tertiary/aromatic N) is 1. The molecular formula is C17H24BrNO. The molecule has 20 heavy (non-hydrogen) atoms. The quantitative estimate of drug-likeness (QED) is 0.795. The van der Waals surface area contributed by atoms with Gasteiger partial charge in [-0.05, 0) is 56.3 Å². The lowest BCUT2D eigenvalue weighted by Crippen LogP contribution is -2.34. The molecule has 1 aliphatic carbocycles. The van der Waals surface area contributed by atoms with E-state index < -0.39 is 0 Å². The molecule has 3 rings (SSSR count). The standard InChI is InChI=1S/C17H24BrNO/c1-20-17-9-8-15(18)11-14(17)12-19-10-4-7-16(19)13-5-2-3-6-13/h8-9,11,13,16H,2-7,10,12H2,1H3. The molecule has 1 saturated carbocycles. The number of hydrogen-bond acceptors (Lipinski definition) is 2. The minimum absolute atomic E-state index is 0.807. The second kappa shape index (κ2) is 6.48. The molecule has 2 nitrogen and oxygen atoms in total. The number of likely N-dealkylation sites (tertiary alicyclic amines) is 1. The highest BCUT2D eigenvalue weighted by molar-refractivity contribution is 9.10. The number of methoxy groups -OCH3 is 1. The summed E-state index contributed by atoms with van der Waals surface area (Å²) in [6.07, 6.45) is 8.51. The van der Waals surface area contributed by atoms with Crippen molar-refractivity contribution in [3.63, 3.8) is 0 Å². The summed E-state index contributed by atoms with van der Waals surface area (Å²) in [6, 6.07) is 7.14. The van der Waals surface area contributed by atoms with Crippen LogP contribution in [0.1, 0.15) is 44.1 Å². The summed E-state index contributed by atoms with van der Waals surface area (Å²) in [7, 11) is 1.77. The van der Waals surface area contributed by atoms with Crippen LogP contribution in [0.4, 0.5) is 0 Å². The second-order valence-electron chi connectivity index (χ2n) is 6.18.